The van der Waals surface area contributed by atoms with Crippen molar-refractivity contribution >= 4 is 35.0 Å². The molecule has 0 saturated heterocycles. The predicted octanol–water partition coefficient (Wildman–Crippen LogP) is 4.96. The first kappa shape index (κ1) is 20.2. The van der Waals surface area contributed by atoms with Crippen LogP contribution in [-0.4, -0.2) is 20.7 Å². The zero-order valence-electron chi connectivity index (χ0n) is 14.4. The number of nitrogens with one attached hydrogen (secondary N) is 1. The molecule has 3 rings (SSSR count). The first-order chi connectivity index (χ1) is 13.3. The number of hydrogen-bond donors (Lipinski definition) is 1. The second kappa shape index (κ2) is 8.24. The Labute approximate surface area is 167 Å². The van der Waals surface area contributed by atoms with E-state index in [1.54, 1.807) is 41.9 Å². The van der Waals surface area contributed by atoms with Crippen molar-refractivity contribution in [3.05, 3.63) is 71.0 Å². The number of carbonyl (C=O) groups is 1. The third kappa shape index (κ3) is 4.66. The minimum absolute atomic E-state index is 0.0109. The van der Waals surface area contributed by atoms with Gasteiger partial charge in [-0.3, -0.25) is 4.79 Å². The van der Waals surface area contributed by atoms with Gasteiger partial charge in [0.15, 0.2) is 5.16 Å². The van der Waals surface area contributed by atoms with Crippen molar-refractivity contribution < 1.29 is 18.0 Å². The van der Waals surface area contributed by atoms with E-state index in [2.05, 4.69) is 15.5 Å². The molecule has 2 aromatic carbocycles. The van der Waals surface area contributed by atoms with Gasteiger partial charge in [0.05, 0.1) is 16.3 Å². The van der Waals surface area contributed by atoms with Crippen LogP contribution in [0.25, 0.3) is 0 Å². The monoisotopic (exact) mass is 426 g/mol. The average molecular weight is 427 g/mol. The second-order valence-corrected chi connectivity index (χ2v) is 7.29. The molecule has 0 aliphatic rings. The predicted molar refractivity (Wildman–Crippen MR) is 101 cm³/mol. The minimum atomic E-state index is -4.55. The standard InChI is InChI=1S/C18H14ClF3N4OS/c1-26-10-23-25-17(26)28-15(11-5-3-2-4-6-11)16(27)24-14-9-12(18(20,21)22)7-8-13(14)19/h2-10,15H,1H3,(H,24,27)/t15-/m1/s1. The molecule has 0 bridgehead atoms. The van der Waals surface area contributed by atoms with Crippen LogP contribution < -0.4 is 5.32 Å². The topological polar surface area (TPSA) is 59.8 Å². The highest BCUT2D eigenvalue weighted by Gasteiger charge is 2.32. The van der Waals surface area contributed by atoms with Gasteiger partial charge in [0, 0.05) is 7.05 Å². The molecule has 1 N–H and O–H groups in total. The molecule has 0 aliphatic carbocycles. The van der Waals surface area contributed by atoms with Gasteiger partial charge in [-0.05, 0) is 23.8 Å². The van der Waals surface area contributed by atoms with E-state index in [1.807, 2.05) is 0 Å². The fourth-order valence-electron chi connectivity index (χ4n) is 2.38. The quantitative estimate of drug-likeness (QED) is 0.586. The smallest absolute Gasteiger partial charge is 0.323 e. The lowest BCUT2D eigenvalue weighted by molar-refractivity contribution is -0.137. The Bertz CT molecular complexity index is 978. The van der Waals surface area contributed by atoms with Crippen LogP contribution >= 0.6 is 23.4 Å². The summed E-state index contributed by atoms with van der Waals surface area (Å²) in [6.45, 7) is 0. The Morgan fingerprint density at radius 1 is 1.21 bits per heavy atom. The lowest BCUT2D eigenvalue weighted by Crippen LogP contribution is -2.20. The molecule has 1 atom stereocenters. The van der Waals surface area contributed by atoms with Gasteiger partial charge in [0.25, 0.3) is 0 Å². The van der Waals surface area contributed by atoms with E-state index in [0.29, 0.717) is 10.7 Å². The summed E-state index contributed by atoms with van der Waals surface area (Å²) in [4.78, 5) is 12.9. The Morgan fingerprint density at radius 2 is 1.93 bits per heavy atom. The van der Waals surface area contributed by atoms with Gasteiger partial charge in [-0.2, -0.15) is 13.2 Å². The molecule has 146 valence electrons. The first-order valence-corrected chi connectivity index (χ1v) is 9.24. The van der Waals surface area contributed by atoms with Gasteiger partial charge in [-0.1, -0.05) is 53.7 Å². The summed E-state index contributed by atoms with van der Waals surface area (Å²) in [5, 5.41) is 9.97. The number of thioether (sulfide) groups is 1. The van der Waals surface area contributed by atoms with Crippen molar-refractivity contribution in [3.63, 3.8) is 0 Å². The number of halogens is 4. The highest BCUT2D eigenvalue weighted by molar-refractivity contribution is 8.00. The third-order valence-corrected chi connectivity index (χ3v) is 5.42. The maximum absolute atomic E-state index is 13.0. The molecule has 0 radical (unpaired) electrons. The molecule has 10 heteroatoms. The van der Waals surface area contributed by atoms with Crippen molar-refractivity contribution in [3.8, 4) is 0 Å². The number of aryl methyl sites for hydroxylation is 1. The van der Waals surface area contributed by atoms with Gasteiger partial charge in [-0.15, -0.1) is 10.2 Å². The number of aromatic nitrogens is 3. The second-order valence-electron chi connectivity index (χ2n) is 5.81. The fraction of sp³-hybridized carbons (Fsp3) is 0.167. The zero-order valence-corrected chi connectivity index (χ0v) is 16.0. The zero-order chi connectivity index (χ0) is 20.3. The maximum Gasteiger partial charge on any atom is 0.416 e. The number of rotatable bonds is 5. The van der Waals surface area contributed by atoms with Gasteiger partial charge >= 0.3 is 6.18 Å². The molecule has 1 amide bonds. The molecular formula is C18H14ClF3N4OS. The highest BCUT2D eigenvalue weighted by atomic mass is 35.5. The first-order valence-electron chi connectivity index (χ1n) is 7.99. The molecule has 0 aliphatic heterocycles. The van der Waals surface area contributed by atoms with Crippen LogP contribution in [0.4, 0.5) is 18.9 Å². The summed E-state index contributed by atoms with van der Waals surface area (Å²) in [6.07, 6.45) is -3.05. The summed E-state index contributed by atoms with van der Waals surface area (Å²) < 4.78 is 40.6. The van der Waals surface area contributed by atoms with Gasteiger partial charge in [0.1, 0.15) is 11.6 Å². The Kier molecular flexibility index (Phi) is 5.95. The molecule has 1 aromatic heterocycles. The van der Waals surface area contributed by atoms with E-state index < -0.39 is 22.9 Å². The van der Waals surface area contributed by atoms with Crippen molar-refractivity contribution in [2.24, 2.45) is 7.05 Å². The van der Waals surface area contributed by atoms with E-state index in [1.165, 1.54) is 6.33 Å². The lowest BCUT2D eigenvalue weighted by Gasteiger charge is -2.18. The van der Waals surface area contributed by atoms with Crippen LogP contribution in [0.15, 0.2) is 60.0 Å². The van der Waals surface area contributed by atoms with Crippen LogP contribution in [0, 0.1) is 0 Å². The number of alkyl halides is 3. The normalized spacial score (nSPS) is 12.6. The Morgan fingerprint density at radius 3 is 2.54 bits per heavy atom. The number of hydrogen-bond acceptors (Lipinski definition) is 4. The van der Waals surface area contributed by atoms with Crippen LogP contribution in [-0.2, 0) is 18.0 Å². The van der Waals surface area contributed by atoms with Crippen LogP contribution in [0.5, 0.6) is 0 Å². The van der Waals surface area contributed by atoms with Gasteiger partial charge < -0.3 is 9.88 Å². The number of benzene rings is 2. The highest BCUT2D eigenvalue weighted by Crippen LogP contribution is 2.37. The molecule has 0 fully saturated rings. The van der Waals surface area contributed by atoms with Crippen molar-refractivity contribution in [1.82, 2.24) is 14.8 Å². The Hall–Kier alpha value is -2.52. The third-order valence-electron chi connectivity index (χ3n) is 3.79. The largest absolute Gasteiger partial charge is 0.416 e. The maximum atomic E-state index is 13.0. The van der Waals surface area contributed by atoms with Crippen LogP contribution in [0.2, 0.25) is 5.02 Å². The summed E-state index contributed by atoms with van der Waals surface area (Å²) in [5.74, 6) is -0.527. The summed E-state index contributed by atoms with van der Waals surface area (Å²) in [6, 6.07) is 11.6. The van der Waals surface area contributed by atoms with Gasteiger partial charge in [-0.25, -0.2) is 0 Å². The molecule has 3 aromatic rings. The minimum Gasteiger partial charge on any atom is -0.323 e. The van der Waals surface area contributed by atoms with E-state index in [0.717, 1.165) is 30.0 Å². The summed E-state index contributed by atoms with van der Waals surface area (Å²) >= 11 is 7.12. The number of nitrogens with zero attached hydrogens (tertiary/aromatic N) is 3. The van der Waals surface area contributed by atoms with Crippen LogP contribution in [0.3, 0.4) is 0 Å². The molecule has 28 heavy (non-hydrogen) atoms. The van der Waals surface area contributed by atoms with Crippen molar-refractivity contribution in [1.29, 1.82) is 0 Å². The molecular weight excluding hydrogens is 413 g/mol. The molecule has 0 spiro atoms. The van der Waals surface area contributed by atoms with E-state index in [9.17, 15) is 18.0 Å². The summed E-state index contributed by atoms with van der Waals surface area (Å²) in [5.41, 5.74) is -0.346. The number of carbonyl (C=O) groups excluding carboxylic acids is 1. The lowest BCUT2D eigenvalue weighted by atomic mass is 10.1. The molecule has 0 unspecified atom stereocenters. The Balaban J connectivity index is 1.91. The van der Waals surface area contributed by atoms with Crippen molar-refractivity contribution in [2.75, 3.05) is 5.32 Å². The molecule has 5 nitrogen and oxygen atoms in total. The van der Waals surface area contributed by atoms with E-state index in [-0.39, 0.29) is 10.7 Å². The molecule has 0 saturated carbocycles. The van der Waals surface area contributed by atoms with Crippen molar-refractivity contribution in [2.45, 2.75) is 16.6 Å². The number of amides is 1. The van der Waals surface area contributed by atoms with Gasteiger partial charge in [0.2, 0.25) is 5.91 Å². The average Bonchev–Trinajstić information content (AvgIpc) is 3.06. The number of anilines is 1. The fourth-order valence-corrected chi connectivity index (χ4v) is 3.52. The van der Waals surface area contributed by atoms with Crippen LogP contribution in [0.1, 0.15) is 16.4 Å². The summed E-state index contributed by atoms with van der Waals surface area (Å²) in [7, 11) is 1.73. The van der Waals surface area contributed by atoms with E-state index >= 15 is 0 Å². The SMILES string of the molecule is Cn1cnnc1S[C@@H](C(=O)Nc1cc(C(F)(F)F)ccc1Cl)c1ccccc1. The van der Waals surface area contributed by atoms with E-state index in [4.69, 9.17) is 11.6 Å². The molecule has 1 heterocycles.